The second-order valence-corrected chi connectivity index (χ2v) is 3.03. The maximum absolute atomic E-state index is 12.4. The molecule has 0 radical (unpaired) electrons. The van der Waals surface area contributed by atoms with Gasteiger partial charge in [-0.15, -0.1) is 0 Å². The second-order valence-electron chi connectivity index (χ2n) is 3.03. The van der Waals surface area contributed by atoms with Gasteiger partial charge in [0, 0.05) is 25.9 Å². The van der Waals surface area contributed by atoms with Gasteiger partial charge in [0.1, 0.15) is 0 Å². The Morgan fingerprint density at radius 2 is 2.00 bits per heavy atom. The molecule has 0 aromatic carbocycles. The van der Waals surface area contributed by atoms with E-state index in [9.17, 15) is 8.78 Å². The molecule has 1 rings (SSSR count). The highest BCUT2D eigenvalue weighted by Crippen LogP contribution is 2.09. The lowest BCUT2D eigenvalue weighted by Gasteiger charge is -2.10. The molecule has 2 nitrogen and oxygen atoms in total. The van der Waals surface area contributed by atoms with Gasteiger partial charge in [0.2, 0.25) is 0 Å². The van der Waals surface area contributed by atoms with E-state index < -0.39 is 5.92 Å². The molecule has 0 aliphatic heterocycles. The van der Waals surface area contributed by atoms with Crippen molar-refractivity contribution in [3.63, 3.8) is 0 Å². The van der Waals surface area contributed by atoms with Gasteiger partial charge < -0.3 is 5.32 Å². The topological polar surface area (TPSA) is 24.9 Å². The molecule has 0 bridgehead atoms. The zero-order valence-corrected chi connectivity index (χ0v) is 7.43. The van der Waals surface area contributed by atoms with Gasteiger partial charge in [-0.05, 0) is 17.7 Å². The van der Waals surface area contributed by atoms with Crippen molar-refractivity contribution in [3.8, 4) is 0 Å². The fraction of sp³-hybridized carbons (Fsp3) is 0.444. The van der Waals surface area contributed by atoms with Crippen LogP contribution < -0.4 is 5.32 Å². The van der Waals surface area contributed by atoms with Gasteiger partial charge in [-0.3, -0.25) is 4.98 Å². The summed E-state index contributed by atoms with van der Waals surface area (Å²) in [5.74, 6) is -2.65. The molecule has 1 aromatic rings. The number of hydrogen-bond acceptors (Lipinski definition) is 2. The predicted octanol–water partition coefficient (Wildman–Crippen LogP) is 1.83. The van der Waals surface area contributed by atoms with Crippen molar-refractivity contribution in [2.45, 2.75) is 19.4 Å². The van der Waals surface area contributed by atoms with Crippen molar-refractivity contribution in [2.75, 3.05) is 6.54 Å². The van der Waals surface area contributed by atoms with Gasteiger partial charge in [-0.1, -0.05) is 0 Å². The van der Waals surface area contributed by atoms with Gasteiger partial charge in [-0.25, -0.2) is 8.78 Å². The molecule has 1 N–H and O–H groups in total. The fourth-order valence-electron chi connectivity index (χ4n) is 0.927. The zero-order valence-electron chi connectivity index (χ0n) is 7.43. The maximum atomic E-state index is 12.4. The number of aromatic nitrogens is 1. The molecule has 13 heavy (non-hydrogen) atoms. The van der Waals surface area contributed by atoms with E-state index in [1.807, 2.05) is 0 Å². The Balaban J connectivity index is 2.29. The standard InChI is InChI=1S/C9H12F2N2/c1-9(10,11)7-13-6-8-2-4-12-5-3-8/h2-5,13H,6-7H2,1H3. The highest BCUT2D eigenvalue weighted by atomic mass is 19.3. The molecule has 0 aliphatic rings. The van der Waals surface area contributed by atoms with Crippen LogP contribution in [0.1, 0.15) is 12.5 Å². The normalized spacial score (nSPS) is 11.6. The van der Waals surface area contributed by atoms with Gasteiger partial charge in [0.15, 0.2) is 0 Å². The summed E-state index contributed by atoms with van der Waals surface area (Å²) in [5, 5.41) is 2.66. The minimum absolute atomic E-state index is 0.296. The number of pyridine rings is 1. The highest BCUT2D eigenvalue weighted by Gasteiger charge is 2.19. The first-order chi connectivity index (χ1) is 6.08. The van der Waals surface area contributed by atoms with Crippen LogP contribution in [0, 0.1) is 0 Å². The number of halogens is 2. The van der Waals surface area contributed by atoms with Crippen LogP contribution in [0.3, 0.4) is 0 Å². The molecule has 0 unspecified atom stereocenters. The molecule has 0 saturated carbocycles. The largest absolute Gasteiger partial charge is 0.307 e. The van der Waals surface area contributed by atoms with Crippen molar-refractivity contribution in [1.29, 1.82) is 0 Å². The number of alkyl halides is 2. The third kappa shape index (κ3) is 4.52. The van der Waals surface area contributed by atoms with E-state index in [2.05, 4.69) is 10.3 Å². The van der Waals surface area contributed by atoms with E-state index in [1.165, 1.54) is 0 Å². The number of nitrogens with zero attached hydrogens (tertiary/aromatic N) is 1. The summed E-state index contributed by atoms with van der Waals surface area (Å²) >= 11 is 0. The summed E-state index contributed by atoms with van der Waals surface area (Å²) in [5.41, 5.74) is 0.958. The van der Waals surface area contributed by atoms with Crippen LogP contribution in [-0.2, 0) is 6.54 Å². The summed E-state index contributed by atoms with van der Waals surface area (Å²) in [6, 6.07) is 3.58. The van der Waals surface area contributed by atoms with Gasteiger partial charge in [0.05, 0.1) is 6.54 Å². The van der Waals surface area contributed by atoms with Crippen molar-refractivity contribution in [1.82, 2.24) is 10.3 Å². The summed E-state index contributed by atoms with van der Waals surface area (Å²) in [6.45, 7) is 1.05. The lowest BCUT2D eigenvalue weighted by Crippen LogP contribution is -2.29. The summed E-state index contributed by atoms with van der Waals surface area (Å²) in [4.78, 5) is 3.83. The van der Waals surface area contributed by atoms with Crippen LogP contribution in [-0.4, -0.2) is 17.5 Å². The molecule has 0 aliphatic carbocycles. The van der Waals surface area contributed by atoms with E-state index in [4.69, 9.17) is 0 Å². The van der Waals surface area contributed by atoms with Crippen LogP contribution in [0.15, 0.2) is 24.5 Å². The van der Waals surface area contributed by atoms with Crippen LogP contribution >= 0.6 is 0 Å². The molecule has 0 atom stereocenters. The molecule has 1 aromatic heterocycles. The molecule has 0 amide bonds. The van der Waals surface area contributed by atoms with Crippen molar-refractivity contribution in [2.24, 2.45) is 0 Å². The van der Waals surface area contributed by atoms with Crippen molar-refractivity contribution < 1.29 is 8.78 Å². The van der Waals surface area contributed by atoms with Crippen molar-refractivity contribution in [3.05, 3.63) is 30.1 Å². The first kappa shape index (κ1) is 10.1. The third-order valence-corrected chi connectivity index (χ3v) is 1.51. The highest BCUT2D eigenvalue weighted by molar-refractivity contribution is 5.08. The minimum atomic E-state index is -2.65. The molecule has 0 spiro atoms. The van der Waals surface area contributed by atoms with Crippen LogP contribution in [0.2, 0.25) is 0 Å². The fourth-order valence-corrected chi connectivity index (χ4v) is 0.927. The lowest BCUT2D eigenvalue weighted by atomic mass is 10.2. The quantitative estimate of drug-likeness (QED) is 0.775. The zero-order chi connectivity index (χ0) is 9.73. The van der Waals surface area contributed by atoms with E-state index in [-0.39, 0.29) is 6.54 Å². The van der Waals surface area contributed by atoms with Gasteiger partial charge >= 0.3 is 0 Å². The minimum Gasteiger partial charge on any atom is -0.307 e. The van der Waals surface area contributed by atoms with Gasteiger partial charge in [0.25, 0.3) is 5.92 Å². The number of hydrogen-bond donors (Lipinski definition) is 1. The molecule has 72 valence electrons. The number of rotatable bonds is 4. The first-order valence-electron chi connectivity index (χ1n) is 4.05. The molecule has 0 fully saturated rings. The Morgan fingerprint density at radius 3 is 2.54 bits per heavy atom. The Kier molecular flexibility index (Phi) is 3.31. The second kappa shape index (κ2) is 4.28. The Morgan fingerprint density at radius 1 is 1.38 bits per heavy atom. The molecular weight excluding hydrogens is 174 g/mol. The Labute approximate surface area is 76.0 Å². The monoisotopic (exact) mass is 186 g/mol. The third-order valence-electron chi connectivity index (χ3n) is 1.51. The van der Waals surface area contributed by atoms with Crippen LogP contribution in [0.25, 0.3) is 0 Å². The Hall–Kier alpha value is -1.03. The SMILES string of the molecule is CC(F)(F)CNCc1ccncc1. The predicted molar refractivity (Wildman–Crippen MR) is 46.6 cm³/mol. The summed E-state index contributed by atoms with van der Waals surface area (Å²) in [6.07, 6.45) is 3.28. The summed E-state index contributed by atoms with van der Waals surface area (Å²) < 4.78 is 24.7. The van der Waals surface area contributed by atoms with E-state index in [1.54, 1.807) is 24.5 Å². The lowest BCUT2D eigenvalue weighted by molar-refractivity contribution is 0.0224. The summed E-state index contributed by atoms with van der Waals surface area (Å²) in [7, 11) is 0. The van der Waals surface area contributed by atoms with E-state index >= 15 is 0 Å². The molecule has 0 saturated heterocycles. The van der Waals surface area contributed by atoms with Crippen molar-refractivity contribution >= 4 is 0 Å². The van der Waals surface area contributed by atoms with Crippen LogP contribution in [0.5, 0.6) is 0 Å². The average Bonchev–Trinajstić information content (AvgIpc) is 2.04. The smallest absolute Gasteiger partial charge is 0.257 e. The number of nitrogens with one attached hydrogen (secondary N) is 1. The average molecular weight is 186 g/mol. The van der Waals surface area contributed by atoms with Crippen LogP contribution in [0.4, 0.5) is 8.78 Å². The molecule has 1 heterocycles. The first-order valence-corrected chi connectivity index (χ1v) is 4.05. The van der Waals surface area contributed by atoms with Gasteiger partial charge in [-0.2, -0.15) is 0 Å². The molecular formula is C9H12F2N2. The Bertz CT molecular complexity index is 244. The van der Waals surface area contributed by atoms with E-state index in [0.717, 1.165) is 12.5 Å². The molecule has 4 heteroatoms. The maximum Gasteiger partial charge on any atom is 0.257 e. The van der Waals surface area contributed by atoms with E-state index in [0.29, 0.717) is 6.54 Å².